The third-order valence-electron chi connectivity index (χ3n) is 16.0. The van der Waals surface area contributed by atoms with Crippen LogP contribution in [-0.4, -0.2) is 9.13 Å². The van der Waals surface area contributed by atoms with Crippen LogP contribution in [0.25, 0.3) is 97.4 Å². The molecule has 5 heteroatoms. The van der Waals surface area contributed by atoms with Gasteiger partial charge in [-0.25, -0.2) is 0 Å². The summed E-state index contributed by atoms with van der Waals surface area (Å²) >= 11 is 1.86. The molecule has 0 unspecified atom stereocenters. The summed E-state index contributed by atoms with van der Waals surface area (Å²) in [5.41, 5.74) is 20.9. The summed E-state index contributed by atoms with van der Waals surface area (Å²) in [6.07, 6.45) is 0. The molecule has 374 valence electrons. The van der Waals surface area contributed by atoms with E-state index < -0.39 is 0 Å². The number of aromatic nitrogens is 2. The Kier molecular flexibility index (Phi) is 11.1. The zero-order chi connectivity index (χ0) is 52.6. The molecule has 0 atom stereocenters. The molecule has 0 spiro atoms. The highest BCUT2D eigenvalue weighted by Gasteiger charge is 2.22. The zero-order valence-electron chi connectivity index (χ0n) is 43.8. The summed E-state index contributed by atoms with van der Waals surface area (Å²) in [6, 6.07) is 102. The molecule has 0 saturated heterocycles. The van der Waals surface area contributed by atoms with Gasteiger partial charge in [-0.15, -0.1) is 11.3 Å². The first-order valence-corrected chi connectivity index (χ1v) is 27.9. The Morgan fingerprint density at radius 1 is 0.291 bits per heavy atom. The van der Waals surface area contributed by atoms with Gasteiger partial charge in [0.25, 0.3) is 0 Å². The number of hydrogen-bond donors (Lipinski definition) is 0. The van der Waals surface area contributed by atoms with Crippen LogP contribution in [-0.2, 0) is 0 Å². The van der Waals surface area contributed by atoms with Gasteiger partial charge in [0.05, 0.1) is 22.1 Å². The molecule has 4 nitrogen and oxygen atoms in total. The number of thiophene rings is 1. The van der Waals surface area contributed by atoms with Crippen LogP contribution < -0.4 is 9.80 Å². The molecule has 0 aliphatic heterocycles. The maximum absolute atomic E-state index is 2.44. The third kappa shape index (κ3) is 7.81. The van der Waals surface area contributed by atoms with Crippen molar-refractivity contribution >= 4 is 109 Å². The van der Waals surface area contributed by atoms with Gasteiger partial charge in [-0.3, -0.25) is 0 Å². The van der Waals surface area contributed by atoms with Gasteiger partial charge in [0.1, 0.15) is 0 Å². The number of hydrogen-bond acceptors (Lipinski definition) is 3. The molecule has 0 aliphatic carbocycles. The van der Waals surface area contributed by atoms with Crippen LogP contribution in [0.4, 0.5) is 34.1 Å². The summed E-state index contributed by atoms with van der Waals surface area (Å²) < 4.78 is 7.48. The SMILES string of the molecule is Cc1ccccc1-c1ccc2c(c1C)c1ccc(N(c3ccccc3)c3cccc(-c4ccc(N(c5ccccc5)c5ccc6c7ccccc7n(-c7ccc8c(c7)sc7ccccc78)c6c5)cc4)c3)cc1n2-c1ccccc1. The summed E-state index contributed by atoms with van der Waals surface area (Å²) in [5.74, 6) is 0. The molecule has 15 aromatic rings. The first-order valence-electron chi connectivity index (χ1n) is 27.1. The summed E-state index contributed by atoms with van der Waals surface area (Å²) in [5, 5.41) is 7.58. The van der Waals surface area contributed by atoms with Gasteiger partial charge >= 0.3 is 0 Å². The molecule has 0 saturated carbocycles. The van der Waals surface area contributed by atoms with Crippen molar-refractivity contribution in [2.75, 3.05) is 9.80 Å². The number of rotatable bonds is 10. The highest BCUT2D eigenvalue weighted by molar-refractivity contribution is 7.25. The molecule has 0 fully saturated rings. The van der Waals surface area contributed by atoms with Crippen LogP contribution in [0.5, 0.6) is 0 Å². The summed E-state index contributed by atoms with van der Waals surface area (Å²) in [6.45, 7) is 4.49. The van der Waals surface area contributed by atoms with Crippen molar-refractivity contribution in [3.8, 4) is 33.6 Å². The minimum atomic E-state index is 1.08. The van der Waals surface area contributed by atoms with Gasteiger partial charge in [0.15, 0.2) is 0 Å². The standard InChI is InChI=1S/C74H52N4S/c1-49-19-12-13-28-61(49)62-43-44-69-74(50(62)2)67-42-39-59(47-71(67)77(69)55-25-10-5-11-26-55)76(54-23-8-4-9-24-54)57-27-18-20-52(45-57)51-33-35-56(36-34-51)75(53-21-6-3-7-22-53)58-37-40-64-63-29-14-16-31-68(63)78(70(64)46-58)60-38-41-66-65-30-15-17-32-72(65)79-73(66)48-60/h3-48H,1-2H3. The fourth-order valence-corrected chi connectivity index (χ4v) is 13.5. The van der Waals surface area contributed by atoms with E-state index in [-0.39, 0.29) is 0 Å². The first-order chi connectivity index (χ1) is 39.0. The van der Waals surface area contributed by atoms with Crippen molar-refractivity contribution in [3.63, 3.8) is 0 Å². The highest BCUT2D eigenvalue weighted by Crippen LogP contribution is 2.45. The number of aryl methyl sites for hydroxylation is 2. The molecule has 0 radical (unpaired) electrons. The van der Waals surface area contributed by atoms with Crippen LogP contribution in [0.3, 0.4) is 0 Å². The number of anilines is 6. The predicted molar refractivity (Wildman–Crippen MR) is 338 cm³/mol. The third-order valence-corrected chi connectivity index (χ3v) is 17.1. The molecular weight excluding hydrogens is 977 g/mol. The van der Waals surface area contributed by atoms with Gasteiger partial charge in [0.2, 0.25) is 0 Å². The number of nitrogens with zero attached hydrogens (tertiary/aromatic N) is 4. The highest BCUT2D eigenvalue weighted by atomic mass is 32.1. The molecule has 15 rings (SSSR count). The lowest BCUT2D eigenvalue weighted by atomic mass is 9.93. The van der Waals surface area contributed by atoms with Gasteiger partial charge in [-0.05, 0) is 162 Å². The van der Waals surface area contributed by atoms with Crippen molar-refractivity contribution in [2.45, 2.75) is 13.8 Å². The molecule has 79 heavy (non-hydrogen) atoms. The van der Waals surface area contributed by atoms with Gasteiger partial charge in [-0.2, -0.15) is 0 Å². The van der Waals surface area contributed by atoms with Gasteiger partial charge < -0.3 is 18.9 Å². The molecule has 0 bridgehead atoms. The van der Waals surface area contributed by atoms with Crippen LogP contribution in [0.1, 0.15) is 11.1 Å². The van der Waals surface area contributed by atoms with Crippen molar-refractivity contribution in [3.05, 3.63) is 290 Å². The van der Waals surface area contributed by atoms with E-state index >= 15 is 0 Å². The minimum absolute atomic E-state index is 1.08. The van der Waals surface area contributed by atoms with Crippen LogP contribution in [0.15, 0.2) is 279 Å². The fourth-order valence-electron chi connectivity index (χ4n) is 12.3. The van der Waals surface area contributed by atoms with E-state index in [1.165, 1.54) is 80.5 Å². The molecule has 3 aromatic heterocycles. The topological polar surface area (TPSA) is 16.3 Å². The van der Waals surface area contributed by atoms with Gasteiger partial charge in [-0.1, -0.05) is 164 Å². The smallest absolute Gasteiger partial charge is 0.0562 e. The Balaban J connectivity index is 0.825. The van der Waals surface area contributed by atoms with Crippen LogP contribution in [0, 0.1) is 13.8 Å². The molecule has 0 aliphatic rings. The number of fused-ring (bicyclic) bond motifs is 9. The summed E-state index contributed by atoms with van der Waals surface area (Å²) in [7, 11) is 0. The monoisotopic (exact) mass is 1030 g/mol. The van der Waals surface area contributed by atoms with E-state index in [2.05, 4.69) is 312 Å². The summed E-state index contributed by atoms with van der Waals surface area (Å²) in [4.78, 5) is 4.77. The second kappa shape index (κ2) is 19.0. The lowest BCUT2D eigenvalue weighted by Crippen LogP contribution is -2.10. The Labute approximate surface area is 463 Å². The largest absolute Gasteiger partial charge is 0.310 e. The van der Waals surface area contributed by atoms with Crippen molar-refractivity contribution < 1.29 is 0 Å². The van der Waals surface area contributed by atoms with E-state index in [1.807, 2.05) is 11.3 Å². The molecule has 0 N–H and O–H groups in total. The average Bonchev–Trinajstić information content (AvgIpc) is 4.39. The fraction of sp³-hybridized carbons (Fsp3) is 0.0270. The quantitative estimate of drug-likeness (QED) is 0.136. The van der Waals surface area contributed by atoms with E-state index in [4.69, 9.17) is 0 Å². The molecule has 12 aromatic carbocycles. The molecular formula is C74H52N4S. The lowest BCUT2D eigenvalue weighted by Gasteiger charge is -2.27. The minimum Gasteiger partial charge on any atom is -0.310 e. The first kappa shape index (κ1) is 46.4. The normalized spacial score (nSPS) is 11.7. The van der Waals surface area contributed by atoms with Crippen LogP contribution in [0.2, 0.25) is 0 Å². The molecule has 3 heterocycles. The molecule has 0 amide bonds. The number of benzene rings is 12. The maximum atomic E-state index is 2.44. The van der Waals surface area contributed by atoms with E-state index in [9.17, 15) is 0 Å². The number of para-hydroxylation sites is 4. The Bertz CT molecular complexity index is 4800. The van der Waals surface area contributed by atoms with E-state index in [0.29, 0.717) is 0 Å². The van der Waals surface area contributed by atoms with Gasteiger partial charge in [0, 0.05) is 87.2 Å². The van der Waals surface area contributed by atoms with E-state index in [0.717, 1.165) is 62.1 Å². The van der Waals surface area contributed by atoms with Crippen molar-refractivity contribution in [2.24, 2.45) is 0 Å². The second-order valence-electron chi connectivity index (χ2n) is 20.6. The Morgan fingerprint density at radius 2 is 0.823 bits per heavy atom. The van der Waals surface area contributed by atoms with Crippen molar-refractivity contribution in [1.82, 2.24) is 9.13 Å². The lowest BCUT2D eigenvalue weighted by molar-refractivity contribution is 1.18. The second-order valence-corrected chi connectivity index (χ2v) is 21.7. The van der Waals surface area contributed by atoms with E-state index in [1.54, 1.807) is 0 Å². The van der Waals surface area contributed by atoms with Crippen LogP contribution >= 0.6 is 11.3 Å². The zero-order valence-corrected chi connectivity index (χ0v) is 44.6. The Hall–Kier alpha value is -9.94. The maximum Gasteiger partial charge on any atom is 0.0562 e. The Morgan fingerprint density at radius 3 is 1.57 bits per heavy atom. The predicted octanol–water partition coefficient (Wildman–Crippen LogP) is 21.1. The average molecular weight is 1030 g/mol. The van der Waals surface area contributed by atoms with Crippen molar-refractivity contribution in [1.29, 1.82) is 0 Å².